The molecule has 0 aliphatic carbocycles. The second kappa shape index (κ2) is 5.66. The van der Waals surface area contributed by atoms with Crippen molar-refractivity contribution >= 4 is 17.2 Å². The predicted molar refractivity (Wildman–Crippen MR) is 73.0 cm³/mol. The molecule has 20 heavy (non-hydrogen) atoms. The fourth-order valence-electron chi connectivity index (χ4n) is 2.49. The number of hydrogen-bond acceptors (Lipinski definition) is 6. The Morgan fingerprint density at radius 1 is 1.50 bits per heavy atom. The van der Waals surface area contributed by atoms with Gasteiger partial charge in [-0.1, -0.05) is 0 Å². The normalized spacial score (nSPS) is 19.2. The summed E-state index contributed by atoms with van der Waals surface area (Å²) in [6.45, 7) is 2.95. The van der Waals surface area contributed by atoms with E-state index in [0.717, 1.165) is 36.5 Å². The summed E-state index contributed by atoms with van der Waals surface area (Å²) < 4.78 is 1.46. The Morgan fingerprint density at radius 3 is 3.10 bits per heavy atom. The topological polar surface area (TPSA) is 76.8 Å². The first-order valence-corrected chi connectivity index (χ1v) is 7.54. The Labute approximate surface area is 120 Å². The van der Waals surface area contributed by atoms with Crippen LogP contribution < -0.4 is 0 Å². The lowest BCUT2D eigenvalue weighted by molar-refractivity contribution is -0.136. The number of nitrogens with zero attached hydrogens (tertiary/aromatic N) is 6. The summed E-state index contributed by atoms with van der Waals surface area (Å²) in [7, 11) is 0. The van der Waals surface area contributed by atoms with Crippen molar-refractivity contribution in [2.75, 3.05) is 6.54 Å². The van der Waals surface area contributed by atoms with Gasteiger partial charge in [-0.05, 0) is 36.6 Å². The minimum atomic E-state index is 0.0508. The van der Waals surface area contributed by atoms with Gasteiger partial charge >= 0.3 is 0 Å². The van der Waals surface area contributed by atoms with Gasteiger partial charge in [-0.2, -0.15) is 0 Å². The Kier molecular flexibility index (Phi) is 3.72. The van der Waals surface area contributed by atoms with Crippen molar-refractivity contribution in [2.24, 2.45) is 0 Å². The van der Waals surface area contributed by atoms with E-state index < -0.39 is 0 Å². The molecule has 0 bridgehead atoms. The van der Waals surface area contributed by atoms with Crippen molar-refractivity contribution in [3.05, 3.63) is 22.4 Å². The number of likely N-dealkylation sites (tertiary alicyclic amines) is 1. The molecule has 8 heteroatoms. The number of aryl methyl sites for hydroxylation is 1. The molecule has 2 aromatic heterocycles. The number of hydrogen-bond donors (Lipinski definition) is 0. The number of carbonyl (C=O) groups is 1. The molecule has 1 fully saturated rings. The molecule has 1 saturated heterocycles. The lowest BCUT2D eigenvalue weighted by atomic mass is 10.0. The zero-order valence-corrected chi connectivity index (χ0v) is 12.1. The lowest BCUT2D eigenvalue weighted by Crippen LogP contribution is -2.40. The average Bonchev–Trinajstić information content (AvgIpc) is 3.10. The highest BCUT2D eigenvalue weighted by molar-refractivity contribution is 7.09. The van der Waals surface area contributed by atoms with Crippen LogP contribution in [0.3, 0.4) is 0 Å². The molecule has 0 aromatic carbocycles. The van der Waals surface area contributed by atoms with Crippen LogP contribution in [0.5, 0.6) is 0 Å². The predicted octanol–water partition coefficient (Wildman–Crippen LogP) is 1.19. The molecular formula is C12H16N6OS. The van der Waals surface area contributed by atoms with Gasteiger partial charge in [0, 0.05) is 17.6 Å². The minimum Gasteiger partial charge on any atom is -0.332 e. The van der Waals surface area contributed by atoms with Crippen LogP contribution in [0.15, 0.2) is 11.7 Å². The average molecular weight is 292 g/mol. The number of carbonyl (C=O) groups excluding carboxylic acids is 1. The van der Waals surface area contributed by atoms with E-state index in [4.69, 9.17) is 0 Å². The molecule has 0 radical (unpaired) electrons. The summed E-state index contributed by atoms with van der Waals surface area (Å²) in [5.74, 6) is 0.0508. The first kappa shape index (κ1) is 13.2. The zero-order chi connectivity index (χ0) is 13.9. The van der Waals surface area contributed by atoms with E-state index in [1.807, 2.05) is 17.2 Å². The van der Waals surface area contributed by atoms with E-state index in [0.29, 0.717) is 0 Å². The molecule has 7 nitrogen and oxygen atoms in total. The summed E-state index contributed by atoms with van der Waals surface area (Å²) in [5, 5.41) is 13.9. The van der Waals surface area contributed by atoms with Crippen LogP contribution in [0.25, 0.3) is 0 Å². The molecule has 3 rings (SSSR count). The van der Waals surface area contributed by atoms with E-state index in [-0.39, 0.29) is 18.5 Å². The van der Waals surface area contributed by atoms with Crippen LogP contribution in [0.4, 0.5) is 0 Å². The highest BCUT2D eigenvalue weighted by Crippen LogP contribution is 2.32. The monoisotopic (exact) mass is 292 g/mol. The maximum Gasteiger partial charge on any atom is 0.245 e. The Morgan fingerprint density at radius 2 is 2.40 bits per heavy atom. The van der Waals surface area contributed by atoms with Crippen LogP contribution in [-0.4, -0.2) is 42.5 Å². The fourth-order valence-corrected chi connectivity index (χ4v) is 3.44. The van der Waals surface area contributed by atoms with Crippen LogP contribution in [0, 0.1) is 6.92 Å². The molecule has 1 atom stereocenters. The molecule has 106 valence electrons. The van der Waals surface area contributed by atoms with Crippen molar-refractivity contribution in [3.63, 3.8) is 0 Å². The second-order valence-electron chi connectivity index (χ2n) is 4.93. The Hall–Kier alpha value is -1.83. The van der Waals surface area contributed by atoms with E-state index in [2.05, 4.69) is 20.5 Å². The van der Waals surface area contributed by atoms with Crippen molar-refractivity contribution in [2.45, 2.75) is 38.8 Å². The summed E-state index contributed by atoms with van der Waals surface area (Å²) in [5.41, 5.74) is 1.02. The van der Waals surface area contributed by atoms with Crippen LogP contribution in [0.2, 0.25) is 0 Å². The third-order valence-corrected chi connectivity index (χ3v) is 4.50. The largest absolute Gasteiger partial charge is 0.332 e. The standard InChI is InChI=1S/C12H16N6OS/c1-9-7-20-12(14-9)10-4-2-3-5-18(10)11(19)6-17-8-13-15-16-17/h7-8,10H,2-6H2,1H3/t10-/m1/s1. The number of rotatable bonds is 3. The van der Waals surface area contributed by atoms with Gasteiger partial charge in [0.1, 0.15) is 17.9 Å². The summed E-state index contributed by atoms with van der Waals surface area (Å²) in [6, 6.07) is 0.103. The van der Waals surface area contributed by atoms with Crippen molar-refractivity contribution in [3.8, 4) is 0 Å². The molecule has 2 aromatic rings. The summed E-state index contributed by atoms with van der Waals surface area (Å²) in [4.78, 5) is 18.9. The summed E-state index contributed by atoms with van der Waals surface area (Å²) in [6.07, 6.45) is 4.62. The molecule has 3 heterocycles. The zero-order valence-electron chi connectivity index (χ0n) is 11.3. The third-order valence-electron chi connectivity index (χ3n) is 3.43. The molecule has 1 amide bonds. The van der Waals surface area contributed by atoms with Gasteiger partial charge < -0.3 is 4.90 Å². The van der Waals surface area contributed by atoms with Gasteiger partial charge in [0.15, 0.2) is 0 Å². The molecule has 1 aliphatic rings. The Bertz CT molecular complexity index is 581. The van der Waals surface area contributed by atoms with E-state index in [1.54, 1.807) is 11.3 Å². The van der Waals surface area contributed by atoms with Crippen molar-refractivity contribution in [1.82, 2.24) is 30.1 Å². The van der Waals surface area contributed by atoms with Crippen molar-refractivity contribution < 1.29 is 4.79 Å². The first-order chi connectivity index (χ1) is 9.74. The molecule has 1 aliphatic heterocycles. The number of piperidine rings is 1. The van der Waals surface area contributed by atoms with Crippen LogP contribution in [0.1, 0.15) is 36.0 Å². The number of tetrazole rings is 1. The summed E-state index contributed by atoms with van der Waals surface area (Å²) >= 11 is 1.63. The lowest BCUT2D eigenvalue weighted by Gasteiger charge is -2.34. The van der Waals surface area contributed by atoms with E-state index in [9.17, 15) is 4.79 Å². The molecule has 0 saturated carbocycles. The van der Waals surface area contributed by atoms with Gasteiger partial charge in [-0.3, -0.25) is 4.79 Å². The van der Waals surface area contributed by atoms with E-state index >= 15 is 0 Å². The minimum absolute atomic E-state index is 0.0508. The third kappa shape index (κ3) is 2.69. The second-order valence-corrected chi connectivity index (χ2v) is 5.82. The highest BCUT2D eigenvalue weighted by Gasteiger charge is 2.30. The van der Waals surface area contributed by atoms with Gasteiger partial charge in [-0.25, -0.2) is 9.67 Å². The van der Waals surface area contributed by atoms with E-state index in [1.165, 1.54) is 11.0 Å². The smallest absolute Gasteiger partial charge is 0.245 e. The first-order valence-electron chi connectivity index (χ1n) is 6.66. The van der Waals surface area contributed by atoms with Crippen LogP contribution in [-0.2, 0) is 11.3 Å². The molecule has 0 spiro atoms. The maximum atomic E-state index is 12.4. The quantitative estimate of drug-likeness (QED) is 0.849. The highest BCUT2D eigenvalue weighted by atomic mass is 32.1. The van der Waals surface area contributed by atoms with Crippen LogP contribution >= 0.6 is 11.3 Å². The number of thiazole rings is 1. The van der Waals surface area contributed by atoms with Gasteiger partial charge in [0.05, 0.1) is 6.04 Å². The number of amides is 1. The molecular weight excluding hydrogens is 276 g/mol. The molecule has 0 N–H and O–H groups in total. The van der Waals surface area contributed by atoms with Gasteiger partial charge in [0.25, 0.3) is 0 Å². The SMILES string of the molecule is Cc1csc([C@H]2CCCCN2C(=O)Cn2cnnn2)n1. The van der Waals surface area contributed by atoms with Crippen molar-refractivity contribution in [1.29, 1.82) is 0 Å². The van der Waals surface area contributed by atoms with Gasteiger partial charge in [0.2, 0.25) is 5.91 Å². The maximum absolute atomic E-state index is 12.4. The number of aromatic nitrogens is 5. The fraction of sp³-hybridized carbons (Fsp3) is 0.583. The molecule has 0 unspecified atom stereocenters. The van der Waals surface area contributed by atoms with Gasteiger partial charge in [-0.15, -0.1) is 16.4 Å². The Balaban J connectivity index is 1.76.